The molecule has 1 amide bonds. The lowest BCUT2D eigenvalue weighted by Crippen LogP contribution is -2.29. The lowest BCUT2D eigenvalue weighted by molar-refractivity contribution is -0.137. The third-order valence-corrected chi connectivity index (χ3v) is 3.41. The van der Waals surface area contributed by atoms with Crippen molar-refractivity contribution < 1.29 is 14.7 Å². The highest BCUT2D eigenvalue weighted by atomic mass is 32.1. The molecule has 0 saturated carbocycles. The maximum Gasteiger partial charge on any atom is 0.305 e. The highest BCUT2D eigenvalue weighted by Gasteiger charge is 2.16. The van der Waals surface area contributed by atoms with E-state index in [4.69, 9.17) is 5.11 Å². The molecule has 18 heavy (non-hydrogen) atoms. The maximum atomic E-state index is 12.0. The molecule has 1 N–H and O–H groups in total. The van der Waals surface area contributed by atoms with E-state index in [1.54, 1.807) is 17.6 Å². The molecule has 2 rings (SSSR count). The summed E-state index contributed by atoms with van der Waals surface area (Å²) in [5, 5.41) is 8.57. The van der Waals surface area contributed by atoms with Crippen molar-refractivity contribution in [2.75, 3.05) is 13.6 Å². The SMILES string of the molecule is Cc1cn2cc(C(=O)N(C)CCC(=O)O)nc2s1. The van der Waals surface area contributed by atoms with E-state index < -0.39 is 5.97 Å². The summed E-state index contributed by atoms with van der Waals surface area (Å²) in [4.78, 5) is 29.9. The second kappa shape index (κ2) is 4.77. The third kappa shape index (κ3) is 2.51. The highest BCUT2D eigenvalue weighted by molar-refractivity contribution is 7.17. The number of amides is 1. The van der Waals surface area contributed by atoms with Crippen molar-refractivity contribution in [3.63, 3.8) is 0 Å². The van der Waals surface area contributed by atoms with Crippen molar-refractivity contribution in [3.8, 4) is 0 Å². The molecule has 0 aliphatic rings. The van der Waals surface area contributed by atoms with Gasteiger partial charge in [-0.1, -0.05) is 0 Å². The minimum absolute atomic E-state index is 0.0659. The molecular weight excluding hydrogens is 254 g/mol. The Bertz CT molecular complexity index is 570. The van der Waals surface area contributed by atoms with Crippen LogP contribution in [0.15, 0.2) is 12.4 Å². The summed E-state index contributed by atoms with van der Waals surface area (Å²) < 4.78 is 1.80. The van der Waals surface area contributed by atoms with Crippen LogP contribution in [0, 0.1) is 6.92 Å². The molecular formula is C11H13N3O3S. The third-order valence-electron chi connectivity index (χ3n) is 2.50. The van der Waals surface area contributed by atoms with Gasteiger partial charge in [0.15, 0.2) is 4.96 Å². The molecule has 0 radical (unpaired) electrons. The number of imidazole rings is 1. The summed E-state index contributed by atoms with van der Waals surface area (Å²) in [7, 11) is 1.57. The Hall–Kier alpha value is -1.89. The van der Waals surface area contributed by atoms with E-state index >= 15 is 0 Å². The van der Waals surface area contributed by atoms with Crippen LogP contribution in [0.2, 0.25) is 0 Å². The van der Waals surface area contributed by atoms with Crippen molar-refractivity contribution in [3.05, 3.63) is 23.0 Å². The Kier molecular flexibility index (Phi) is 3.33. The quantitative estimate of drug-likeness (QED) is 0.904. The number of aliphatic carboxylic acids is 1. The van der Waals surface area contributed by atoms with Gasteiger partial charge in [0.1, 0.15) is 5.69 Å². The van der Waals surface area contributed by atoms with Crippen molar-refractivity contribution >= 4 is 28.2 Å². The number of hydrogen-bond acceptors (Lipinski definition) is 4. The first kappa shape index (κ1) is 12.6. The topological polar surface area (TPSA) is 74.9 Å². The maximum absolute atomic E-state index is 12.0. The number of thiazole rings is 1. The average Bonchev–Trinajstić information content (AvgIpc) is 2.81. The van der Waals surface area contributed by atoms with Crippen LogP contribution in [0.1, 0.15) is 21.8 Å². The number of fused-ring (bicyclic) bond motifs is 1. The Morgan fingerprint density at radius 2 is 2.22 bits per heavy atom. The van der Waals surface area contributed by atoms with Gasteiger partial charge in [-0.05, 0) is 6.92 Å². The van der Waals surface area contributed by atoms with Crippen LogP contribution in [0.4, 0.5) is 0 Å². The number of carbonyl (C=O) groups is 2. The van der Waals surface area contributed by atoms with Crippen molar-refractivity contribution in [1.29, 1.82) is 0 Å². The Morgan fingerprint density at radius 1 is 1.50 bits per heavy atom. The first-order chi connectivity index (χ1) is 8.47. The Labute approximate surface area is 107 Å². The van der Waals surface area contributed by atoms with Gasteiger partial charge in [-0.25, -0.2) is 4.98 Å². The molecule has 7 heteroatoms. The van der Waals surface area contributed by atoms with Crippen LogP contribution in [0.3, 0.4) is 0 Å². The Balaban J connectivity index is 2.12. The van der Waals surface area contributed by atoms with Crippen molar-refractivity contribution in [2.24, 2.45) is 0 Å². The molecule has 0 atom stereocenters. The summed E-state index contributed by atoms with van der Waals surface area (Å²) in [6.45, 7) is 2.15. The van der Waals surface area contributed by atoms with E-state index in [1.165, 1.54) is 16.2 Å². The van der Waals surface area contributed by atoms with Gasteiger partial charge in [-0.2, -0.15) is 0 Å². The standard InChI is InChI=1S/C11H13N3O3S/c1-7-5-14-6-8(12-11(14)18-7)10(17)13(2)4-3-9(15)16/h5-6H,3-4H2,1-2H3,(H,15,16). The van der Waals surface area contributed by atoms with Gasteiger partial charge in [0.2, 0.25) is 0 Å². The predicted octanol–water partition coefficient (Wildman–Crippen LogP) is 1.25. The van der Waals surface area contributed by atoms with E-state index in [9.17, 15) is 9.59 Å². The number of carbonyl (C=O) groups excluding carboxylic acids is 1. The molecule has 0 aliphatic carbocycles. The van der Waals surface area contributed by atoms with E-state index in [1.807, 2.05) is 13.1 Å². The summed E-state index contributed by atoms with van der Waals surface area (Å²) in [6.07, 6.45) is 3.50. The minimum Gasteiger partial charge on any atom is -0.481 e. The molecule has 96 valence electrons. The molecule has 0 bridgehead atoms. The summed E-state index contributed by atoms with van der Waals surface area (Å²) in [5.74, 6) is -1.18. The van der Waals surface area contributed by atoms with Gasteiger partial charge in [0.25, 0.3) is 5.91 Å². The van der Waals surface area contributed by atoms with E-state index in [2.05, 4.69) is 4.98 Å². The summed E-state index contributed by atoms with van der Waals surface area (Å²) >= 11 is 1.51. The van der Waals surface area contributed by atoms with Crippen LogP contribution < -0.4 is 0 Å². The number of rotatable bonds is 4. The molecule has 0 spiro atoms. The van der Waals surface area contributed by atoms with Gasteiger partial charge >= 0.3 is 5.97 Å². The molecule has 2 aromatic heterocycles. The van der Waals surface area contributed by atoms with E-state index in [0.717, 1.165) is 9.84 Å². The molecule has 0 aromatic carbocycles. The second-order valence-electron chi connectivity index (χ2n) is 4.03. The monoisotopic (exact) mass is 267 g/mol. The number of hydrogen-bond donors (Lipinski definition) is 1. The van der Waals surface area contributed by atoms with Crippen molar-refractivity contribution in [1.82, 2.24) is 14.3 Å². The molecule has 0 aliphatic heterocycles. The lowest BCUT2D eigenvalue weighted by atomic mass is 10.3. The lowest BCUT2D eigenvalue weighted by Gasteiger charge is -2.13. The fourth-order valence-electron chi connectivity index (χ4n) is 1.57. The largest absolute Gasteiger partial charge is 0.481 e. The zero-order chi connectivity index (χ0) is 13.3. The first-order valence-electron chi connectivity index (χ1n) is 5.40. The fraction of sp³-hybridized carbons (Fsp3) is 0.364. The number of carboxylic acids is 1. The average molecular weight is 267 g/mol. The normalized spacial score (nSPS) is 10.8. The number of aryl methyl sites for hydroxylation is 1. The predicted molar refractivity (Wildman–Crippen MR) is 67.0 cm³/mol. The van der Waals surface area contributed by atoms with Crippen LogP contribution >= 0.6 is 11.3 Å². The van der Waals surface area contributed by atoms with E-state index in [-0.39, 0.29) is 18.9 Å². The van der Waals surface area contributed by atoms with Crippen LogP contribution in [-0.4, -0.2) is 44.9 Å². The fourth-order valence-corrected chi connectivity index (χ4v) is 2.38. The van der Waals surface area contributed by atoms with Gasteiger partial charge in [-0.15, -0.1) is 11.3 Å². The zero-order valence-electron chi connectivity index (χ0n) is 10.1. The van der Waals surface area contributed by atoms with Crippen LogP contribution in [-0.2, 0) is 4.79 Å². The molecule has 6 nitrogen and oxygen atoms in total. The van der Waals surface area contributed by atoms with Gasteiger partial charge in [0, 0.05) is 30.9 Å². The smallest absolute Gasteiger partial charge is 0.305 e. The number of nitrogens with zero attached hydrogens (tertiary/aromatic N) is 3. The highest BCUT2D eigenvalue weighted by Crippen LogP contribution is 2.17. The summed E-state index contributed by atoms with van der Waals surface area (Å²) in [6, 6.07) is 0. The van der Waals surface area contributed by atoms with Crippen molar-refractivity contribution in [2.45, 2.75) is 13.3 Å². The molecule has 2 aromatic rings. The minimum atomic E-state index is -0.920. The summed E-state index contributed by atoms with van der Waals surface area (Å²) in [5.41, 5.74) is 0.342. The molecule has 0 unspecified atom stereocenters. The first-order valence-corrected chi connectivity index (χ1v) is 6.21. The Morgan fingerprint density at radius 3 is 2.83 bits per heavy atom. The molecule has 2 heterocycles. The van der Waals surface area contributed by atoms with Gasteiger partial charge in [0.05, 0.1) is 6.42 Å². The second-order valence-corrected chi connectivity index (χ2v) is 5.24. The van der Waals surface area contributed by atoms with Crippen LogP contribution in [0.5, 0.6) is 0 Å². The number of carboxylic acid groups (broad SMARTS) is 1. The van der Waals surface area contributed by atoms with Gasteiger partial charge in [-0.3, -0.25) is 14.0 Å². The number of aromatic nitrogens is 2. The van der Waals surface area contributed by atoms with Crippen LogP contribution in [0.25, 0.3) is 4.96 Å². The zero-order valence-corrected chi connectivity index (χ0v) is 10.9. The van der Waals surface area contributed by atoms with Gasteiger partial charge < -0.3 is 10.0 Å². The molecule has 0 fully saturated rings. The molecule has 0 saturated heterocycles. The van der Waals surface area contributed by atoms with E-state index in [0.29, 0.717) is 5.69 Å².